The summed E-state index contributed by atoms with van der Waals surface area (Å²) in [6, 6.07) is 8.16. The first-order chi connectivity index (χ1) is 19.9. The molecule has 2 aliphatic rings. The topological polar surface area (TPSA) is 229 Å². The summed E-state index contributed by atoms with van der Waals surface area (Å²) < 4.78 is 28.5. The lowest BCUT2D eigenvalue weighted by Gasteiger charge is -2.45. The third-order valence-corrected chi connectivity index (χ3v) is 7.92. The van der Waals surface area contributed by atoms with Crippen LogP contribution in [0.2, 0.25) is 0 Å². The maximum Gasteiger partial charge on any atom is 0.229 e. The molecular weight excluding hydrogens is 628 g/mol. The molecule has 15 heteroatoms. The molecule has 0 saturated carbocycles. The minimum absolute atomic E-state index is 0.00428. The molecule has 14 nitrogen and oxygen atoms in total. The van der Waals surface area contributed by atoms with E-state index in [-0.39, 0.29) is 32.7 Å². The van der Waals surface area contributed by atoms with Gasteiger partial charge in [-0.15, -0.1) is 0 Å². The van der Waals surface area contributed by atoms with Gasteiger partial charge in [0.25, 0.3) is 0 Å². The number of aromatic hydroxyl groups is 2. The molecule has 2 saturated heterocycles. The summed E-state index contributed by atoms with van der Waals surface area (Å²) in [6.07, 6.45) is -15.4. The van der Waals surface area contributed by atoms with Gasteiger partial charge in [-0.05, 0) is 47.1 Å². The largest absolute Gasteiger partial charge is 0.508 e. The van der Waals surface area contributed by atoms with Crippen LogP contribution in [-0.2, 0) is 14.2 Å². The van der Waals surface area contributed by atoms with E-state index < -0.39 is 79.2 Å². The molecule has 8 N–H and O–H groups in total. The van der Waals surface area contributed by atoms with Crippen LogP contribution in [0.1, 0.15) is 6.92 Å². The Hall–Kier alpha value is -2.83. The molecule has 5 rings (SSSR count). The van der Waals surface area contributed by atoms with Crippen LogP contribution in [-0.4, -0.2) is 109 Å². The fourth-order valence-corrected chi connectivity index (χ4v) is 5.34. The highest BCUT2D eigenvalue weighted by molar-refractivity contribution is 9.10. The number of halogens is 1. The molecule has 0 bridgehead atoms. The van der Waals surface area contributed by atoms with E-state index in [0.29, 0.717) is 5.56 Å². The van der Waals surface area contributed by atoms with Gasteiger partial charge in [-0.3, -0.25) is 4.79 Å². The second kappa shape index (κ2) is 12.0. The fraction of sp³-hybridized carbons (Fsp3) is 0.444. The second-order valence-corrected chi connectivity index (χ2v) is 10.8. The monoisotopic (exact) mass is 656 g/mol. The lowest BCUT2D eigenvalue weighted by Crippen LogP contribution is -2.64. The molecule has 228 valence electrons. The minimum atomic E-state index is -1.76. The van der Waals surface area contributed by atoms with E-state index in [9.17, 15) is 45.6 Å². The minimum Gasteiger partial charge on any atom is -0.508 e. The molecular formula is C27H29BrO14. The van der Waals surface area contributed by atoms with E-state index in [0.717, 1.165) is 6.07 Å². The summed E-state index contributed by atoms with van der Waals surface area (Å²) in [4.78, 5) is 13.1. The maximum absolute atomic E-state index is 13.1. The standard InChI is InChI=1S/C27H29BrO14/c1-9-18(32)21(35)23(37)26(38-9)42-25-22(36)19(33)15(8-29)41-27(25)39-12-6-13(31)16-14(7-12)40-24(17(28)20(16)34)10-2-4-11(30)5-3-10/h2-7,9,15,18-19,21-23,25-27,29-33,35-37H,8H2,1H3/t9-,15+,18-,19+,21+,22-,23+,25+,26-,27+/m0/s1. The zero-order valence-electron chi connectivity index (χ0n) is 21.8. The normalized spacial score (nSPS) is 33.5. The van der Waals surface area contributed by atoms with Gasteiger partial charge in [0.2, 0.25) is 11.7 Å². The number of phenols is 2. The molecule has 3 aromatic rings. The van der Waals surface area contributed by atoms with Crippen LogP contribution >= 0.6 is 15.9 Å². The van der Waals surface area contributed by atoms with E-state index in [1.54, 1.807) is 0 Å². The average Bonchev–Trinajstić information content (AvgIpc) is 2.96. The number of ether oxygens (including phenoxy) is 4. The van der Waals surface area contributed by atoms with Gasteiger partial charge < -0.3 is 64.2 Å². The van der Waals surface area contributed by atoms with E-state index in [1.807, 2.05) is 0 Å². The van der Waals surface area contributed by atoms with E-state index in [2.05, 4.69) is 15.9 Å². The Bertz CT molecular complexity index is 1480. The molecule has 0 aliphatic carbocycles. The number of hydrogen-bond acceptors (Lipinski definition) is 14. The summed E-state index contributed by atoms with van der Waals surface area (Å²) in [5, 5.41) is 81.7. The van der Waals surface area contributed by atoms with Crippen LogP contribution in [0.15, 0.2) is 50.1 Å². The van der Waals surface area contributed by atoms with Crippen LogP contribution in [0.25, 0.3) is 22.3 Å². The van der Waals surface area contributed by atoms with Crippen LogP contribution < -0.4 is 10.2 Å². The van der Waals surface area contributed by atoms with Crippen molar-refractivity contribution in [1.82, 2.24) is 0 Å². The quantitative estimate of drug-likeness (QED) is 0.170. The number of fused-ring (bicyclic) bond motifs is 1. The van der Waals surface area contributed by atoms with Crippen molar-refractivity contribution < 1.29 is 64.2 Å². The summed E-state index contributed by atoms with van der Waals surface area (Å²) in [6.45, 7) is 0.697. The van der Waals surface area contributed by atoms with Gasteiger partial charge in [-0.2, -0.15) is 0 Å². The summed E-state index contributed by atoms with van der Waals surface area (Å²) in [5.74, 6) is -0.583. The first kappa shape index (κ1) is 30.6. The average molecular weight is 657 g/mol. The lowest BCUT2D eigenvalue weighted by molar-refractivity contribution is -0.354. The number of phenolic OH excluding ortho intramolecular Hbond substituents is 2. The predicted molar refractivity (Wildman–Crippen MR) is 145 cm³/mol. The van der Waals surface area contributed by atoms with Gasteiger partial charge in [-0.1, -0.05) is 0 Å². The number of benzene rings is 2. The number of aliphatic hydroxyl groups excluding tert-OH is 6. The van der Waals surface area contributed by atoms with Gasteiger partial charge in [-0.25, -0.2) is 0 Å². The highest BCUT2D eigenvalue weighted by Crippen LogP contribution is 2.37. The predicted octanol–water partition coefficient (Wildman–Crippen LogP) is -0.336. The van der Waals surface area contributed by atoms with Crippen LogP contribution in [0.4, 0.5) is 0 Å². The van der Waals surface area contributed by atoms with Crippen molar-refractivity contribution in [3.63, 3.8) is 0 Å². The van der Waals surface area contributed by atoms with Gasteiger partial charge in [0.1, 0.15) is 69.3 Å². The van der Waals surface area contributed by atoms with Crippen molar-refractivity contribution in [3.8, 4) is 28.6 Å². The Morgan fingerprint density at radius 2 is 1.57 bits per heavy atom. The van der Waals surface area contributed by atoms with Gasteiger partial charge in [0, 0.05) is 17.7 Å². The Morgan fingerprint density at radius 1 is 0.881 bits per heavy atom. The van der Waals surface area contributed by atoms with Crippen molar-refractivity contribution in [2.45, 2.75) is 68.3 Å². The first-order valence-corrected chi connectivity index (χ1v) is 13.6. The van der Waals surface area contributed by atoms with Crippen LogP contribution in [0.3, 0.4) is 0 Å². The van der Waals surface area contributed by atoms with Crippen molar-refractivity contribution in [2.75, 3.05) is 6.61 Å². The SMILES string of the molecule is C[C@@H]1O[C@@H](O[C@H]2[C@H](Oc3cc(O)c4c(=O)c(Br)c(-c5ccc(O)cc5)oc4c3)O[C@H](CO)[C@@H](O)[C@@H]2O)[C@H](O)[C@H](O)[C@H]1O. The molecule has 42 heavy (non-hydrogen) atoms. The Labute approximate surface area is 245 Å². The van der Waals surface area contributed by atoms with Crippen molar-refractivity contribution in [1.29, 1.82) is 0 Å². The molecule has 2 aliphatic heterocycles. The highest BCUT2D eigenvalue weighted by Gasteiger charge is 2.51. The van der Waals surface area contributed by atoms with Crippen molar-refractivity contribution >= 4 is 26.9 Å². The highest BCUT2D eigenvalue weighted by atomic mass is 79.9. The Balaban J connectivity index is 1.50. The van der Waals surface area contributed by atoms with Gasteiger partial charge in [0.05, 0.1) is 12.7 Å². The Morgan fingerprint density at radius 3 is 2.24 bits per heavy atom. The number of rotatable bonds is 6. The molecule has 2 fully saturated rings. The molecule has 10 atom stereocenters. The van der Waals surface area contributed by atoms with Crippen molar-refractivity contribution in [2.24, 2.45) is 0 Å². The van der Waals surface area contributed by atoms with Crippen molar-refractivity contribution in [3.05, 3.63) is 51.1 Å². The number of aliphatic hydroxyl groups is 6. The molecule has 0 unspecified atom stereocenters. The molecule has 2 aromatic carbocycles. The maximum atomic E-state index is 13.1. The Kier molecular flexibility index (Phi) is 8.78. The lowest BCUT2D eigenvalue weighted by atomic mass is 9.97. The molecule has 0 spiro atoms. The number of hydrogen-bond donors (Lipinski definition) is 8. The second-order valence-electron chi connectivity index (χ2n) is 10.0. The van der Waals surface area contributed by atoms with Crippen LogP contribution in [0.5, 0.6) is 17.2 Å². The van der Waals surface area contributed by atoms with E-state index >= 15 is 0 Å². The molecule has 1 aromatic heterocycles. The third-order valence-electron chi connectivity index (χ3n) is 7.20. The molecule has 0 amide bonds. The zero-order chi connectivity index (χ0) is 30.5. The molecule has 0 radical (unpaired) electrons. The van der Waals surface area contributed by atoms with E-state index in [1.165, 1.54) is 37.3 Å². The smallest absolute Gasteiger partial charge is 0.229 e. The fourth-order valence-electron chi connectivity index (χ4n) is 4.83. The van der Waals surface area contributed by atoms with Gasteiger partial charge >= 0.3 is 0 Å². The summed E-state index contributed by atoms with van der Waals surface area (Å²) in [7, 11) is 0. The van der Waals surface area contributed by atoms with Crippen LogP contribution in [0, 0.1) is 0 Å². The molecule has 3 heterocycles. The van der Waals surface area contributed by atoms with E-state index in [4.69, 9.17) is 23.4 Å². The summed E-state index contributed by atoms with van der Waals surface area (Å²) in [5.41, 5.74) is -0.273. The summed E-state index contributed by atoms with van der Waals surface area (Å²) >= 11 is 3.20. The third kappa shape index (κ3) is 5.60. The zero-order valence-corrected chi connectivity index (χ0v) is 23.4. The van der Waals surface area contributed by atoms with Gasteiger partial charge in [0.15, 0.2) is 18.2 Å². The first-order valence-electron chi connectivity index (χ1n) is 12.8.